The molecule has 3 N–H and O–H groups in total. The van der Waals surface area contributed by atoms with Gasteiger partial charge in [0.1, 0.15) is 5.00 Å². The number of amides is 1. The van der Waals surface area contributed by atoms with E-state index in [0.717, 1.165) is 35.5 Å². The third-order valence-electron chi connectivity index (χ3n) is 5.12. The molecule has 2 aromatic carbocycles. The van der Waals surface area contributed by atoms with Gasteiger partial charge in [-0.05, 0) is 67.2 Å². The van der Waals surface area contributed by atoms with Crippen LogP contribution in [0.5, 0.6) is 0 Å². The van der Waals surface area contributed by atoms with Gasteiger partial charge in [0.05, 0.1) is 16.3 Å². The second-order valence-corrected chi connectivity index (χ2v) is 9.36. The molecular weight excluding hydrogens is 434 g/mol. The van der Waals surface area contributed by atoms with Crippen molar-refractivity contribution in [2.24, 2.45) is 5.92 Å². The number of halogens is 1. The van der Waals surface area contributed by atoms with Gasteiger partial charge < -0.3 is 16.0 Å². The lowest BCUT2D eigenvalue weighted by molar-refractivity contribution is 0.102. The van der Waals surface area contributed by atoms with E-state index >= 15 is 0 Å². The van der Waals surface area contributed by atoms with Crippen molar-refractivity contribution in [1.82, 2.24) is 0 Å². The zero-order valence-corrected chi connectivity index (χ0v) is 18.9. The number of hydrogen-bond donors (Lipinski definition) is 3. The van der Waals surface area contributed by atoms with Gasteiger partial charge in [0, 0.05) is 10.6 Å². The van der Waals surface area contributed by atoms with Crippen molar-refractivity contribution >= 4 is 62.6 Å². The molecule has 0 fully saturated rings. The zero-order chi connectivity index (χ0) is 21.1. The standard InChI is InChI=1S/C23H22ClN3OS2/c1-14-11-12-16-19(13-14)30-22(27-23(29)25-15-7-3-2-4-8-15)20(16)21(28)26-18-10-6-5-9-17(18)24/h2-10,14H,11-13H2,1H3,(H,26,28)(H2,25,27,29)/t14-/m1/s1. The van der Waals surface area contributed by atoms with Gasteiger partial charge in [-0.2, -0.15) is 0 Å². The van der Waals surface area contributed by atoms with Crippen LogP contribution in [0.25, 0.3) is 0 Å². The van der Waals surface area contributed by atoms with Crippen molar-refractivity contribution in [3.8, 4) is 0 Å². The van der Waals surface area contributed by atoms with E-state index in [1.165, 1.54) is 4.88 Å². The molecule has 0 aliphatic heterocycles. The summed E-state index contributed by atoms with van der Waals surface area (Å²) in [5.74, 6) is 0.443. The summed E-state index contributed by atoms with van der Waals surface area (Å²) in [7, 11) is 0. The van der Waals surface area contributed by atoms with Gasteiger partial charge in [-0.25, -0.2) is 0 Å². The van der Waals surface area contributed by atoms with Crippen molar-refractivity contribution in [2.75, 3.05) is 16.0 Å². The van der Waals surface area contributed by atoms with E-state index in [2.05, 4.69) is 22.9 Å². The van der Waals surface area contributed by atoms with Gasteiger partial charge in [0.2, 0.25) is 0 Å². The van der Waals surface area contributed by atoms with Crippen LogP contribution in [0.4, 0.5) is 16.4 Å². The third kappa shape index (κ3) is 4.67. The summed E-state index contributed by atoms with van der Waals surface area (Å²) < 4.78 is 0. The number of carbonyl (C=O) groups is 1. The molecule has 4 nitrogen and oxygen atoms in total. The average molecular weight is 456 g/mol. The number of anilines is 3. The maximum absolute atomic E-state index is 13.3. The summed E-state index contributed by atoms with van der Waals surface area (Å²) in [4.78, 5) is 14.5. The monoisotopic (exact) mass is 455 g/mol. The van der Waals surface area contributed by atoms with E-state index in [9.17, 15) is 4.79 Å². The smallest absolute Gasteiger partial charge is 0.258 e. The van der Waals surface area contributed by atoms with Crippen LogP contribution < -0.4 is 16.0 Å². The fourth-order valence-corrected chi connectivity index (χ4v) is 5.49. The minimum Gasteiger partial charge on any atom is -0.332 e. The molecule has 30 heavy (non-hydrogen) atoms. The molecule has 0 saturated heterocycles. The minimum absolute atomic E-state index is 0.167. The molecule has 7 heteroatoms. The Labute approximate surface area is 190 Å². The highest BCUT2D eigenvalue weighted by atomic mass is 35.5. The van der Waals surface area contributed by atoms with Gasteiger partial charge in [-0.15, -0.1) is 11.3 Å². The number of para-hydroxylation sites is 2. The van der Waals surface area contributed by atoms with E-state index < -0.39 is 0 Å². The van der Waals surface area contributed by atoms with Crippen molar-refractivity contribution in [2.45, 2.75) is 26.2 Å². The Morgan fingerprint density at radius 3 is 2.57 bits per heavy atom. The largest absolute Gasteiger partial charge is 0.332 e. The molecule has 0 spiro atoms. The van der Waals surface area contributed by atoms with Crippen LogP contribution in [-0.4, -0.2) is 11.0 Å². The number of rotatable bonds is 4. The Bertz CT molecular complexity index is 1080. The highest BCUT2D eigenvalue weighted by molar-refractivity contribution is 7.80. The lowest BCUT2D eigenvalue weighted by Gasteiger charge is -2.19. The summed E-state index contributed by atoms with van der Waals surface area (Å²) in [6.45, 7) is 2.25. The summed E-state index contributed by atoms with van der Waals surface area (Å²) in [5.41, 5.74) is 3.28. The number of thiocarbonyl (C=S) groups is 1. The SMILES string of the molecule is C[C@@H]1CCc2c(sc(NC(=S)Nc3ccccc3)c2C(=O)Nc2ccccc2Cl)C1. The molecule has 1 aromatic heterocycles. The summed E-state index contributed by atoms with van der Waals surface area (Å²) in [6, 6.07) is 17.0. The maximum atomic E-state index is 13.3. The fraction of sp³-hybridized carbons (Fsp3) is 0.217. The zero-order valence-electron chi connectivity index (χ0n) is 16.5. The molecule has 3 aromatic rings. The lowest BCUT2D eigenvalue weighted by atomic mass is 9.88. The van der Waals surface area contributed by atoms with Crippen LogP contribution in [0.2, 0.25) is 5.02 Å². The maximum Gasteiger partial charge on any atom is 0.258 e. The first-order chi connectivity index (χ1) is 14.5. The van der Waals surface area contributed by atoms with E-state index in [1.54, 1.807) is 23.5 Å². The molecule has 0 bridgehead atoms. The first kappa shape index (κ1) is 20.8. The predicted octanol–water partition coefficient (Wildman–Crippen LogP) is 6.59. The lowest BCUT2D eigenvalue weighted by Crippen LogP contribution is -2.22. The third-order valence-corrected chi connectivity index (χ3v) is 6.82. The molecular formula is C23H22ClN3OS2. The molecule has 0 saturated carbocycles. The van der Waals surface area contributed by atoms with E-state index in [1.807, 2.05) is 42.5 Å². The molecule has 1 atom stereocenters. The minimum atomic E-state index is -0.167. The number of fused-ring (bicyclic) bond motifs is 1. The van der Waals surface area contributed by atoms with Gasteiger partial charge in [0.15, 0.2) is 5.11 Å². The van der Waals surface area contributed by atoms with E-state index in [-0.39, 0.29) is 5.91 Å². The van der Waals surface area contributed by atoms with Crippen LogP contribution in [0.3, 0.4) is 0 Å². The van der Waals surface area contributed by atoms with Gasteiger partial charge >= 0.3 is 0 Å². The second kappa shape index (κ2) is 9.16. The molecule has 154 valence electrons. The Morgan fingerprint density at radius 1 is 1.07 bits per heavy atom. The van der Waals surface area contributed by atoms with Crippen molar-refractivity contribution in [1.29, 1.82) is 0 Å². The van der Waals surface area contributed by atoms with E-state index in [0.29, 0.717) is 27.3 Å². The first-order valence-electron chi connectivity index (χ1n) is 9.84. The normalized spacial score (nSPS) is 15.2. The summed E-state index contributed by atoms with van der Waals surface area (Å²) >= 11 is 13.4. The fourth-order valence-electron chi connectivity index (χ4n) is 3.61. The highest BCUT2D eigenvalue weighted by Crippen LogP contribution is 2.40. The molecule has 1 aliphatic carbocycles. The van der Waals surface area contributed by atoms with Crippen LogP contribution >= 0.6 is 35.2 Å². The molecule has 0 unspecified atom stereocenters. The number of benzene rings is 2. The van der Waals surface area contributed by atoms with Crippen LogP contribution in [0.15, 0.2) is 54.6 Å². The number of hydrogen-bond acceptors (Lipinski definition) is 3. The topological polar surface area (TPSA) is 53.2 Å². The van der Waals surface area contributed by atoms with Gasteiger partial charge in [0.25, 0.3) is 5.91 Å². The summed E-state index contributed by atoms with van der Waals surface area (Å²) in [5, 5.41) is 11.1. The molecule has 1 heterocycles. The Kier molecular flexibility index (Phi) is 6.37. The number of thiophene rings is 1. The Hall–Kier alpha value is -2.41. The van der Waals surface area contributed by atoms with Gasteiger partial charge in [-0.1, -0.05) is 48.9 Å². The number of nitrogens with one attached hydrogen (secondary N) is 3. The van der Waals surface area contributed by atoms with Crippen molar-refractivity contribution < 1.29 is 4.79 Å². The molecule has 1 amide bonds. The quantitative estimate of drug-likeness (QED) is 0.388. The molecule has 1 aliphatic rings. The van der Waals surface area contributed by atoms with Crippen molar-refractivity contribution in [3.63, 3.8) is 0 Å². The van der Waals surface area contributed by atoms with Crippen LogP contribution in [-0.2, 0) is 12.8 Å². The first-order valence-corrected chi connectivity index (χ1v) is 11.4. The second-order valence-electron chi connectivity index (χ2n) is 7.44. The highest BCUT2D eigenvalue weighted by Gasteiger charge is 2.28. The molecule has 0 radical (unpaired) electrons. The van der Waals surface area contributed by atoms with Gasteiger partial charge in [-0.3, -0.25) is 4.79 Å². The molecule has 4 rings (SSSR count). The predicted molar refractivity (Wildman–Crippen MR) is 131 cm³/mol. The number of carbonyl (C=O) groups excluding carboxylic acids is 1. The van der Waals surface area contributed by atoms with Crippen LogP contribution in [0.1, 0.15) is 34.1 Å². The summed E-state index contributed by atoms with van der Waals surface area (Å²) in [6.07, 6.45) is 2.94. The average Bonchev–Trinajstić information content (AvgIpc) is 3.07. The van der Waals surface area contributed by atoms with Crippen LogP contribution in [0, 0.1) is 5.92 Å². The van der Waals surface area contributed by atoms with E-state index in [4.69, 9.17) is 23.8 Å². The Balaban J connectivity index is 1.62. The Morgan fingerprint density at radius 2 is 1.80 bits per heavy atom. The van der Waals surface area contributed by atoms with Crippen molar-refractivity contribution in [3.05, 3.63) is 75.6 Å².